The van der Waals surface area contributed by atoms with Gasteiger partial charge in [0.25, 0.3) is 0 Å². The second kappa shape index (κ2) is 7.26. The summed E-state index contributed by atoms with van der Waals surface area (Å²) in [6.07, 6.45) is 8.22. The highest BCUT2D eigenvalue weighted by atomic mass is 15.2. The van der Waals surface area contributed by atoms with E-state index in [0.717, 1.165) is 40.1 Å². The summed E-state index contributed by atoms with van der Waals surface area (Å²) in [5.74, 6) is 1.51. The number of hydrogen-bond donors (Lipinski definition) is 1. The van der Waals surface area contributed by atoms with Crippen molar-refractivity contribution in [2.45, 2.75) is 13.3 Å². The number of hydrogen-bond acceptors (Lipinski definition) is 6. The van der Waals surface area contributed by atoms with E-state index in [0.29, 0.717) is 5.95 Å². The van der Waals surface area contributed by atoms with Crippen LogP contribution in [0.4, 0.5) is 17.5 Å². The molecule has 1 aromatic carbocycles. The molecule has 0 aliphatic rings. The Labute approximate surface area is 164 Å². The van der Waals surface area contributed by atoms with Gasteiger partial charge in [0.05, 0.1) is 18.0 Å². The number of fused-ring (bicyclic) bond motifs is 1. The van der Waals surface area contributed by atoms with Gasteiger partial charge in [0.15, 0.2) is 0 Å². The average molecular weight is 373 g/mol. The lowest BCUT2D eigenvalue weighted by Crippen LogP contribution is -2.12. The lowest BCUT2D eigenvalue weighted by molar-refractivity contribution is 0.947. The zero-order chi connectivity index (χ0) is 19.7. The molecular weight excluding hydrogens is 350 g/mol. The number of benzene rings is 1. The molecule has 0 amide bonds. The van der Waals surface area contributed by atoms with Crippen molar-refractivity contribution in [3.05, 3.63) is 54.7 Å². The van der Waals surface area contributed by atoms with E-state index >= 15 is 0 Å². The average Bonchev–Trinajstić information content (AvgIpc) is 3.09. The molecule has 0 aliphatic heterocycles. The minimum absolute atomic E-state index is 0.703. The molecule has 0 saturated carbocycles. The fourth-order valence-corrected chi connectivity index (χ4v) is 3.13. The van der Waals surface area contributed by atoms with Gasteiger partial charge >= 0.3 is 0 Å². The van der Waals surface area contributed by atoms with Crippen molar-refractivity contribution >= 4 is 28.5 Å². The van der Waals surface area contributed by atoms with E-state index in [9.17, 15) is 0 Å². The molecule has 3 heterocycles. The first-order valence-electron chi connectivity index (χ1n) is 9.22. The Hall–Kier alpha value is -3.48. The van der Waals surface area contributed by atoms with Gasteiger partial charge in [-0.15, -0.1) is 0 Å². The minimum atomic E-state index is 0.703. The molecule has 0 radical (unpaired) electrons. The molecule has 142 valence electrons. The van der Waals surface area contributed by atoms with Gasteiger partial charge in [0, 0.05) is 50.9 Å². The SMILES string of the molecule is CCc1cc(-c2cnc(N(C)C)nc2)ccc1Nc1cc2c(cn1)ncn2C. The Kier molecular flexibility index (Phi) is 4.65. The van der Waals surface area contributed by atoms with Crippen molar-refractivity contribution in [2.75, 3.05) is 24.3 Å². The number of rotatable bonds is 5. The molecule has 1 N–H and O–H groups in total. The first kappa shape index (κ1) is 17.9. The summed E-state index contributed by atoms with van der Waals surface area (Å²) >= 11 is 0. The zero-order valence-electron chi connectivity index (χ0n) is 16.5. The third kappa shape index (κ3) is 3.38. The lowest BCUT2D eigenvalue weighted by atomic mass is 10.0. The Morgan fingerprint density at radius 2 is 1.75 bits per heavy atom. The topological polar surface area (TPSA) is 71.8 Å². The molecular formula is C21H23N7. The summed E-state index contributed by atoms with van der Waals surface area (Å²) < 4.78 is 1.99. The van der Waals surface area contributed by atoms with Gasteiger partial charge in [-0.3, -0.25) is 0 Å². The van der Waals surface area contributed by atoms with Crippen molar-refractivity contribution in [3.8, 4) is 11.1 Å². The monoisotopic (exact) mass is 373 g/mol. The molecule has 7 heteroatoms. The summed E-state index contributed by atoms with van der Waals surface area (Å²) in [6.45, 7) is 2.15. The van der Waals surface area contributed by atoms with E-state index in [4.69, 9.17) is 0 Å². The van der Waals surface area contributed by atoms with Crippen molar-refractivity contribution in [3.63, 3.8) is 0 Å². The highest BCUT2D eigenvalue weighted by Gasteiger charge is 2.08. The molecule has 3 aromatic heterocycles. The number of pyridine rings is 1. The second-order valence-corrected chi connectivity index (χ2v) is 6.93. The maximum Gasteiger partial charge on any atom is 0.224 e. The van der Waals surface area contributed by atoms with Crippen LogP contribution in [0.3, 0.4) is 0 Å². The molecule has 7 nitrogen and oxygen atoms in total. The molecule has 4 rings (SSSR count). The Morgan fingerprint density at radius 3 is 2.46 bits per heavy atom. The quantitative estimate of drug-likeness (QED) is 0.574. The third-order valence-electron chi connectivity index (χ3n) is 4.73. The van der Waals surface area contributed by atoms with Crippen molar-refractivity contribution < 1.29 is 0 Å². The van der Waals surface area contributed by atoms with Crippen LogP contribution in [-0.2, 0) is 13.5 Å². The maximum absolute atomic E-state index is 4.49. The van der Waals surface area contributed by atoms with Crippen LogP contribution >= 0.6 is 0 Å². The van der Waals surface area contributed by atoms with Gasteiger partial charge in [0.2, 0.25) is 5.95 Å². The highest BCUT2D eigenvalue weighted by Crippen LogP contribution is 2.28. The van der Waals surface area contributed by atoms with E-state index in [1.165, 1.54) is 5.56 Å². The summed E-state index contributed by atoms with van der Waals surface area (Å²) in [4.78, 5) is 19.5. The van der Waals surface area contributed by atoms with Crippen LogP contribution in [-0.4, -0.2) is 38.6 Å². The van der Waals surface area contributed by atoms with Crippen LogP contribution in [0.15, 0.2) is 49.2 Å². The van der Waals surface area contributed by atoms with Crippen LogP contribution in [0.5, 0.6) is 0 Å². The van der Waals surface area contributed by atoms with Crippen LogP contribution in [0.25, 0.3) is 22.2 Å². The molecule has 0 aliphatic carbocycles. The Balaban J connectivity index is 1.63. The van der Waals surface area contributed by atoms with Gasteiger partial charge < -0.3 is 14.8 Å². The van der Waals surface area contributed by atoms with Crippen LogP contribution in [0.1, 0.15) is 12.5 Å². The number of aromatic nitrogens is 5. The highest BCUT2D eigenvalue weighted by molar-refractivity contribution is 5.79. The molecule has 0 spiro atoms. The molecule has 0 unspecified atom stereocenters. The summed E-state index contributed by atoms with van der Waals surface area (Å²) in [5, 5.41) is 3.45. The van der Waals surface area contributed by atoms with Gasteiger partial charge in [-0.25, -0.2) is 19.9 Å². The molecule has 0 bridgehead atoms. The van der Waals surface area contributed by atoms with Crippen LogP contribution in [0, 0.1) is 0 Å². The Morgan fingerprint density at radius 1 is 0.964 bits per heavy atom. The standard InChI is InChI=1S/C21H23N7/c1-5-14-8-15(16-10-23-21(24-11-16)27(2)3)6-7-17(14)26-20-9-19-18(12-22-20)25-13-28(19)4/h6-13H,5H2,1-4H3,(H,22,26). The number of nitrogens with zero attached hydrogens (tertiary/aromatic N) is 6. The van der Waals surface area contributed by atoms with Crippen LogP contribution < -0.4 is 10.2 Å². The first-order valence-corrected chi connectivity index (χ1v) is 9.22. The summed E-state index contributed by atoms with van der Waals surface area (Å²) in [6, 6.07) is 8.36. The minimum Gasteiger partial charge on any atom is -0.347 e. The first-order chi connectivity index (χ1) is 13.5. The van der Waals surface area contributed by atoms with E-state index in [-0.39, 0.29) is 0 Å². The van der Waals surface area contributed by atoms with Gasteiger partial charge in [0.1, 0.15) is 11.3 Å². The number of aryl methyl sites for hydroxylation is 2. The van der Waals surface area contributed by atoms with Crippen molar-refractivity contribution in [1.29, 1.82) is 0 Å². The molecule has 0 atom stereocenters. The molecule has 0 fully saturated rings. The molecule has 0 saturated heterocycles. The summed E-state index contributed by atoms with van der Waals surface area (Å²) in [5.41, 5.74) is 6.29. The predicted molar refractivity (Wildman–Crippen MR) is 113 cm³/mol. The normalized spacial score (nSPS) is 11.0. The van der Waals surface area contributed by atoms with E-state index in [1.807, 2.05) is 49.1 Å². The molecule has 4 aromatic rings. The second-order valence-electron chi connectivity index (χ2n) is 6.93. The van der Waals surface area contributed by atoms with E-state index < -0.39 is 0 Å². The fraction of sp³-hybridized carbons (Fsp3) is 0.238. The largest absolute Gasteiger partial charge is 0.347 e. The zero-order valence-corrected chi connectivity index (χ0v) is 16.5. The predicted octanol–water partition coefficient (Wildman–Crippen LogP) is 3.80. The van der Waals surface area contributed by atoms with Crippen molar-refractivity contribution in [2.24, 2.45) is 7.05 Å². The smallest absolute Gasteiger partial charge is 0.224 e. The number of imidazole rings is 1. The van der Waals surface area contributed by atoms with Gasteiger partial charge in [-0.05, 0) is 29.7 Å². The fourth-order valence-electron chi connectivity index (χ4n) is 3.13. The van der Waals surface area contributed by atoms with E-state index in [2.05, 4.69) is 50.4 Å². The number of nitrogens with one attached hydrogen (secondary N) is 1. The van der Waals surface area contributed by atoms with Gasteiger partial charge in [-0.2, -0.15) is 0 Å². The number of anilines is 3. The van der Waals surface area contributed by atoms with Crippen molar-refractivity contribution in [1.82, 2.24) is 24.5 Å². The maximum atomic E-state index is 4.49. The molecule has 28 heavy (non-hydrogen) atoms. The van der Waals surface area contributed by atoms with E-state index in [1.54, 1.807) is 12.5 Å². The summed E-state index contributed by atoms with van der Waals surface area (Å²) in [7, 11) is 5.85. The third-order valence-corrected chi connectivity index (χ3v) is 4.73. The lowest BCUT2D eigenvalue weighted by Gasteiger charge is -2.13. The van der Waals surface area contributed by atoms with Gasteiger partial charge in [-0.1, -0.05) is 13.0 Å². The van der Waals surface area contributed by atoms with Crippen LogP contribution in [0.2, 0.25) is 0 Å². The Bertz CT molecular complexity index is 1110.